The Morgan fingerprint density at radius 1 is 1.46 bits per heavy atom. The standard InChI is InChI=1S/C9H19N3O/c1-10-9(13)12-7-8-3-2-5-11-6-4-8/h8,11H,2-7H2,1H3,(H2,10,12,13). The number of amides is 2. The number of rotatable bonds is 2. The van der Waals surface area contributed by atoms with Crippen molar-refractivity contribution in [2.24, 2.45) is 5.92 Å². The molecule has 0 aliphatic carbocycles. The van der Waals surface area contributed by atoms with Crippen LogP contribution in [0.2, 0.25) is 0 Å². The lowest BCUT2D eigenvalue weighted by Gasteiger charge is -2.13. The van der Waals surface area contributed by atoms with Crippen molar-refractivity contribution in [2.45, 2.75) is 19.3 Å². The quantitative estimate of drug-likeness (QED) is 0.580. The molecule has 3 N–H and O–H groups in total. The van der Waals surface area contributed by atoms with Crippen molar-refractivity contribution in [1.82, 2.24) is 16.0 Å². The van der Waals surface area contributed by atoms with Crippen molar-refractivity contribution in [1.29, 1.82) is 0 Å². The van der Waals surface area contributed by atoms with Crippen molar-refractivity contribution in [3.63, 3.8) is 0 Å². The Hall–Kier alpha value is -0.770. The van der Waals surface area contributed by atoms with Crippen LogP contribution in [-0.4, -0.2) is 32.7 Å². The van der Waals surface area contributed by atoms with E-state index in [-0.39, 0.29) is 6.03 Å². The van der Waals surface area contributed by atoms with Gasteiger partial charge >= 0.3 is 6.03 Å². The Kier molecular flexibility index (Phi) is 4.60. The summed E-state index contributed by atoms with van der Waals surface area (Å²) in [6, 6.07) is -0.0720. The summed E-state index contributed by atoms with van der Waals surface area (Å²) in [5, 5.41) is 8.76. The second-order valence-corrected chi connectivity index (χ2v) is 3.51. The summed E-state index contributed by atoms with van der Waals surface area (Å²) in [5.74, 6) is 0.646. The zero-order valence-corrected chi connectivity index (χ0v) is 8.23. The van der Waals surface area contributed by atoms with Crippen molar-refractivity contribution in [3.05, 3.63) is 0 Å². The molecule has 2 amide bonds. The van der Waals surface area contributed by atoms with E-state index in [0.717, 1.165) is 19.6 Å². The van der Waals surface area contributed by atoms with E-state index < -0.39 is 0 Å². The molecule has 76 valence electrons. The molecule has 1 atom stereocenters. The average molecular weight is 185 g/mol. The van der Waals surface area contributed by atoms with E-state index in [0.29, 0.717) is 5.92 Å². The summed E-state index contributed by atoms with van der Waals surface area (Å²) in [7, 11) is 1.64. The molecule has 0 radical (unpaired) electrons. The lowest BCUT2D eigenvalue weighted by Crippen LogP contribution is -2.36. The van der Waals surface area contributed by atoms with Crippen LogP contribution < -0.4 is 16.0 Å². The fraction of sp³-hybridized carbons (Fsp3) is 0.889. The molecule has 1 aliphatic rings. The Morgan fingerprint density at radius 3 is 3.08 bits per heavy atom. The molecular weight excluding hydrogens is 166 g/mol. The molecule has 1 heterocycles. The van der Waals surface area contributed by atoms with Crippen molar-refractivity contribution in [3.8, 4) is 0 Å². The molecule has 0 spiro atoms. The molecule has 1 rings (SSSR count). The first-order valence-electron chi connectivity index (χ1n) is 4.99. The van der Waals surface area contributed by atoms with Gasteiger partial charge in [-0.25, -0.2) is 4.79 Å². The van der Waals surface area contributed by atoms with E-state index in [1.54, 1.807) is 7.05 Å². The maximum absolute atomic E-state index is 10.9. The summed E-state index contributed by atoms with van der Waals surface area (Å²) in [6.07, 6.45) is 3.61. The highest BCUT2D eigenvalue weighted by Gasteiger charge is 2.11. The van der Waals surface area contributed by atoms with E-state index in [1.807, 2.05) is 0 Å². The van der Waals surface area contributed by atoms with Crippen LogP contribution in [-0.2, 0) is 0 Å². The largest absolute Gasteiger partial charge is 0.341 e. The first kappa shape index (κ1) is 10.3. The minimum atomic E-state index is -0.0720. The van der Waals surface area contributed by atoms with Crippen LogP contribution in [0.25, 0.3) is 0 Å². The van der Waals surface area contributed by atoms with Crippen LogP contribution in [0.15, 0.2) is 0 Å². The molecule has 0 bridgehead atoms. The molecule has 4 nitrogen and oxygen atoms in total. The van der Waals surface area contributed by atoms with Gasteiger partial charge in [0.15, 0.2) is 0 Å². The summed E-state index contributed by atoms with van der Waals surface area (Å²) in [5.41, 5.74) is 0. The number of carbonyl (C=O) groups is 1. The van der Waals surface area contributed by atoms with Gasteiger partial charge in [0.05, 0.1) is 0 Å². The van der Waals surface area contributed by atoms with E-state index in [2.05, 4.69) is 16.0 Å². The van der Waals surface area contributed by atoms with Crippen LogP contribution in [0.1, 0.15) is 19.3 Å². The Balaban J connectivity index is 2.15. The van der Waals surface area contributed by atoms with Crippen LogP contribution in [0, 0.1) is 5.92 Å². The van der Waals surface area contributed by atoms with Gasteiger partial charge in [0.2, 0.25) is 0 Å². The van der Waals surface area contributed by atoms with Gasteiger partial charge in [-0.1, -0.05) is 0 Å². The monoisotopic (exact) mass is 185 g/mol. The Labute approximate surface area is 79.5 Å². The third-order valence-electron chi connectivity index (χ3n) is 2.47. The highest BCUT2D eigenvalue weighted by Crippen LogP contribution is 2.11. The molecule has 0 aromatic carbocycles. The van der Waals surface area contributed by atoms with E-state index in [4.69, 9.17) is 0 Å². The second kappa shape index (κ2) is 5.80. The van der Waals surface area contributed by atoms with Crippen molar-refractivity contribution < 1.29 is 4.79 Å². The van der Waals surface area contributed by atoms with E-state index in [1.165, 1.54) is 19.3 Å². The van der Waals surface area contributed by atoms with Gasteiger partial charge in [0.25, 0.3) is 0 Å². The molecule has 13 heavy (non-hydrogen) atoms. The number of urea groups is 1. The minimum absolute atomic E-state index is 0.0720. The molecule has 0 saturated carbocycles. The van der Waals surface area contributed by atoms with Crippen LogP contribution in [0.3, 0.4) is 0 Å². The number of carbonyl (C=O) groups excluding carboxylic acids is 1. The fourth-order valence-electron chi connectivity index (χ4n) is 1.62. The molecule has 4 heteroatoms. The lowest BCUT2D eigenvalue weighted by molar-refractivity contribution is 0.240. The van der Waals surface area contributed by atoms with Gasteiger partial charge in [-0.3, -0.25) is 0 Å². The fourth-order valence-corrected chi connectivity index (χ4v) is 1.62. The molecule has 1 aliphatic heterocycles. The number of hydrogen-bond acceptors (Lipinski definition) is 2. The molecule has 1 fully saturated rings. The first-order chi connectivity index (χ1) is 6.33. The summed E-state index contributed by atoms with van der Waals surface area (Å²) >= 11 is 0. The normalized spacial score (nSPS) is 23.3. The molecular formula is C9H19N3O. The highest BCUT2D eigenvalue weighted by molar-refractivity contribution is 5.73. The highest BCUT2D eigenvalue weighted by atomic mass is 16.2. The number of nitrogens with one attached hydrogen (secondary N) is 3. The Morgan fingerprint density at radius 2 is 2.31 bits per heavy atom. The smallest absolute Gasteiger partial charge is 0.314 e. The molecule has 1 unspecified atom stereocenters. The molecule has 0 aromatic heterocycles. The first-order valence-corrected chi connectivity index (χ1v) is 4.99. The van der Waals surface area contributed by atoms with E-state index in [9.17, 15) is 4.79 Å². The predicted octanol–water partition coefficient (Wildman–Crippen LogP) is 0.305. The summed E-state index contributed by atoms with van der Waals surface area (Å²) in [4.78, 5) is 10.9. The predicted molar refractivity (Wildman–Crippen MR) is 52.7 cm³/mol. The zero-order chi connectivity index (χ0) is 9.52. The van der Waals surface area contributed by atoms with E-state index >= 15 is 0 Å². The van der Waals surface area contributed by atoms with Gasteiger partial charge in [-0.05, 0) is 38.3 Å². The topological polar surface area (TPSA) is 53.2 Å². The summed E-state index contributed by atoms with van der Waals surface area (Å²) < 4.78 is 0. The Bertz CT molecular complexity index is 153. The van der Waals surface area contributed by atoms with Gasteiger partial charge in [-0.2, -0.15) is 0 Å². The number of hydrogen-bond donors (Lipinski definition) is 3. The third-order valence-corrected chi connectivity index (χ3v) is 2.47. The SMILES string of the molecule is CNC(=O)NCC1CCCNCC1. The van der Waals surface area contributed by atoms with Gasteiger partial charge in [-0.15, -0.1) is 0 Å². The van der Waals surface area contributed by atoms with Gasteiger partial charge in [0, 0.05) is 13.6 Å². The maximum Gasteiger partial charge on any atom is 0.314 e. The van der Waals surface area contributed by atoms with Gasteiger partial charge < -0.3 is 16.0 Å². The molecule has 0 aromatic rings. The second-order valence-electron chi connectivity index (χ2n) is 3.51. The average Bonchev–Trinajstić information content (AvgIpc) is 2.42. The summed E-state index contributed by atoms with van der Waals surface area (Å²) in [6.45, 7) is 3.01. The van der Waals surface area contributed by atoms with Crippen molar-refractivity contribution >= 4 is 6.03 Å². The minimum Gasteiger partial charge on any atom is -0.341 e. The zero-order valence-electron chi connectivity index (χ0n) is 8.23. The lowest BCUT2D eigenvalue weighted by atomic mass is 10.0. The van der Waals surface area contributed by atoms with Crippen molar-refractivity contribution in [2.75, 3.05) is 26.7 Å². The molecule has 1 saturated heterocycles. The van der Waals surface area contributed by atoms with Crippen LogP contribution in [0.5, 0.6) is 0 Å². The van der Waals surface area contributed by atoms with Crippen LogP contribution in [0.4, 0.5) is 4.79 Å². The van der Waals surface area contributed by atoms with Gasteiger partial charge in [0.1, 0.15) is 0 Å². The van der Waals surface area contributed by atoms with Crippen LogP contribution >= 0.6 is 0 Å². The third kappa shape index (κ3) is 4.12. The maximum atomic E-state index is 10.9.